The molecule has 0 unspecified atom stereocenters. The summed E-state index contributed by atoms with van der Waals surface area (Å²) in [6.07, 6.45) is 2.20. The molecule has 5 nitrogen and oxygen atoms in total. The van der Waals surface area contributed by atoms with E-state index in [2.05, 4.69) is 0 Å². The molecule has 1 heterocycles. The molecule has 0 aromatic heterocycles. The minimum Gasteiger partial charge on any atom is -0.493 e. The van der Waals surface area contributed by atoms with Crippen LogP contribution in [0.15, 0.2) is 17.7 Å². The predicted octanol–water partition coefficient (Wildman–Crippen LogP) is 2.09. The van der Waals surface area contributed by atoms with E-state index in [1.165, 1.54) is 0 Å². The molecular formula is C15H18O5. The van der Waals surface area contributed by atoms with E-state index in [9.17, 15) is 4.79 Å². The molecule has 5 heteroatoms. The zero-order valence-electron chi connectivity index (χ0n) is 11.9. The zero-order chi connectivity index (χ0) is 14.5. The van der Waals surface area contributed by atoms with Crippen molar-refractivity contribution in [3.63, 3.8) is 0 Å². The number of methoxy groups -OCH3 is 3. The molecular weight excluding hydrogens is 260 g/mol. The molecule has 0 N–H and O–H groups in total. The Bertz CT molecular complexity index is 533. The molecule has 0 atom stereocenters. The van der Waals surface area contributed by atoms with E-state index in [0.29, 0.717) is 42.5 Å². The van der Waals surface area contributed by atoms with Crippen molar-refractivity contribution in [3.8, 4) is 17.2 Å². The van der Waals surface area contributed by atoms with Gasteiger partial charge in [-0.1, -0.05) is 0 Å². The van der Waals surface area contributed by atoms with Gasteiger partial charge >= 0.3 is 0 Å². The fraction of sp³-hybridized carbons (Fsp3) is 0.400. The van der Waals surface area contributed by atoms with Crippen LogP contribution in [0.1, 0.15) is 12.0 Å². The first kappa shape index (κ1) is 14.4. The molecule has 0 amide bonds. The molecule has 2 rings (SSSR count). The average Bonchev–Trinajstić information content (AvgIpc) is 2.48. The SMILES string of the molecule is COc1ccc(/C=C2/COCCC2=O)c(OC)c1OC. The van der Waals surface area contributed by atoms with E-state index >= 15 is 0 Å². The zero-order valence-corrected chi connectivity index (χ0v) is 11.9. The molecule has 20 heavy (non-hydrogen) atoms. The number of benzene rings is 1. The van der Waals surface area contributed by atoms with Crippen LogP contribution in [-0.2, 0) is 9.53 Å². The highest BCUT2D eigenvalue weighted by Crippen LogP contribution is 2.40. The summed E-state index contributed by atoms with van der Waals surface area (Å²) in [5, 5.41) is 0. The number of ether oxygens (including phenoxy) is 4. The summed E-state index contributed by atoms with van der Waals surface area (Å²) in [6.45, 7) is 0.815. The highest BCUT2D eigenvalue weighted by Gasteiger charge is 2.19. The van der Waals surface area contributed by atoms with Crippen LogP contribution in [0, 0.1) is 0 Å². The summed E-state index contributed by atoms with van der Waals surface area (Å²) in [5.74, 6) is 1.73. The van der Waals surface area contributed by atoms with Crippen molar-refractivity contribution < 1.29 is 23.7 Å². The van der Waals surface area contributed by atoms with Gasteiger partial charge in [-0.05, 0) is 18.2 Å². The molecule has 0 saturated carbocycles. The Morgan fingerprint density at radius 2 is 1.85 bits per heavy atom. The van der Waals surface area contributed by atoms with Crippen LogP contribution in [0.25, 0.3) is 6.08 Å². The molecule has 1 aliphatic rings. The van der Waals surface area contributed by atoms with Gasteiger partial charge in [0.05, 0.1) is 34.5 Å². The van der Waals surface area contributed by atoms with Gasteiger partial charge in [-0.3, -0.25) is 4.79 Å². The molecule has 0 radical (unpaired) electrons. The Kier molecular flexibility index (Phi) is 4.63. The number of rotatable bonds is 4. The van der Waals surface area contributed by atoms with Crippen LogP contribution in [0.3, 0.4) is 0 Å². The van der Waals surface area contributed by atoms with Gasteiger partial charge in [0.15, 0.2) is 17.3 Å². The Balaban J connectivity index is 2.46. The van der Waals surface area contributed by atoms with Gasteiger partial charge in [0.25, 0.3) is 0 Å². The van der Waals surface area contributed by atoms with Gasteiger partial charge in [-0.2, -0.15) is 0 Å². The first-order valence-electron chi connectivity index (χ1n) is 6.31. The van der Waals surface area contributed by atoms with E-state index < -0.39 is 0 Å². The lowest BCUT2D eigenvalue weighted by molar-refractivity contribution is -0.119. The number of ketones is 1. The summed E-state index contributed by atoms with van der Waals surface area (Å²) in [5.41, 5.74) is 1.40. The minimum absolute atomic E-state index is 0.105. The normalized spacial score (nSPS) is 17.1. The number of carbonyl (C=O) groups is 1. The molecule has 0 spiro atoms. The van der Waals surface area contributed by atoms with E-state index in [1.807, 2.05) is 6.07 Å². The van der Waals surface area contributed by atoms with Crippen molar-refractivity contribution in [2.75, 3.05) is 34.5 Å². The van der Waals surface area contributed by atoms with Crippen molar-refractivity contribution >= 4 is 11.9 Å². The van der Waals surface area contributed by atoms with Gasteiger partial charge in [-0.15, -0.1) is 0 Å². The van der Waals surface area contributed by atoms with Gasteiger partial charge < -0.3 is 18.9 Å². The predicted molar refractivity (Wildman–Crippen MR) is 74.5 cm³/mol. The second kappa shape index (κ2) is 6.43. The Labute approximate surface area is 118 Å². The third-order valence-electron chi connectivity index (χ3n) is 3.15. The van der Waals surface area contributed by atoms with Crippen LogP contribution < -0.4 is 14.2 Å². The standard InChI is InChI=1S/C15H18O5/c1-17-13-5-4-10(14(18-2)15(13)19-3)8-11-9-20-7-6-12(11)16/h4-5,8H,6-7,9H2,1-3H3/b11-8-. The summed E-state index contributed by atoms with van der Waals surface area (Å²) in [4.78, 5) is 11.8. The third kappa shape index (κ3) is 2.77. The molecule has 1 saturated heterocycles. The largest absolute Gasteiger partial charge is 0.493 e. The molecule has 1 aliphatic heterocycles. The Morgan fingerprint density at radius 3 is 2.45 bits per heavy atom. The smallest absolute Gasteiger partial charge is 0.203 e. The van der Waals surface area contributed by atoms with Gasteiger partial charge in [0, 0.05) is 17.6 Å². The maximum Gasteiger partial charge on any atom is 0.203 e. The van der Waals surface area contributed by atoms with Crippen molar-refractivity contribution in [1.82, 2.24) is 0 Å². The second-order valence-electron chi connectivity index (χ2n) is 4.32. The summed E-state index contributed by atoms with van der Waals surface area (Å²) < 4.78 is 21.2. The maximum atomic E-state index is 11.8. The van der Waals surface area contributed by atoms with Gasteiger partial charge in [-0.25, -0.2) is 0 Å². The van der Waals surface area contributed by atoms with Gasteiger partial charge in [0.2, 0.25) is 5.75 Å². The van der Waals surface area contributed by atoms with Crippen molar-refractivity contribution in [2.24, 2.45) is 0 Å². The molecule has 1 aromatic carbocycles. The Hall–Kier alpha value is -2.01. The first-order valence-corrected chi connectivity index (χ1v) is 6.31. The fourth-order valence-electron chi connectivity index (χ4n) is 2.14. The first-order chi connectivity index (χ1) is 9.71. The second-order valence-corrected chi connectivity index (χ2v) is 4.32. The van der Waals surface area contributed by atoms with E-state index in [0.717, 1.165) is 5.56 Å². The maximum absolute atomic E-state index is 11.8. The third-order valence-corrected chi connectivity index (χ3v) is 3.15. The lowest BCUT2D eigenvalue weighted by Crippen LogP contribution is -2.18. The lowest BCUT2D eigenvalue weighted by Gasteiger charge is -2.16. The Morgan fingerprint density at radius 1 is 1.10 bits per heavy atom. The molecule has 1 aromatic rings. The van der Waals surface area contributed by atoms with E-state index in [1.54, 1.807) is 33.5 Å². The minimum atomic E-state index is 0.105. The van der Waals surface area contributed by atoms with Crippen LogP contribution in [0.2, 0.25) is 0 Å². The van der Waals surface area contributed by atoms with Crippen molar-refractivity contribution in [1.29, 1.82) is 0 Å². The monoisotopic (exact) mass is 278 g/mol. The van der Waals surface area contributed by atoms with E-state index in [4.69, 9.17) is 18.9 Å². The number of hydrogen-bond donors (Lipinski definition) is 0. The molecule has 1 fully saturated rings. The lowest BCUT2D eigenvalue weighted by atomic mass is 10.0. The number of hydrogen-bond acceptors (Lipinski definition) is 5. The van der Waals surface area contributed by atoms with Crippen molar-refractivity contribution in [2.45, 2.75) is 6.42 Å². The fourth-order valence-corrected chi connectivity index (χ4v) is 2.14. The topological polar surface area (TPSA) is 54.0 Å². The van der Waals surface area contributed by atoms with Crippen LogP contribution in [-0.4, -0.2) is 40.3 Å². The number of carbonyl (C=O) groups excluding carboxylic acids is 1. The molecule has 108 valence electrons. The molecule has 0 bridgehead atoms. The summed E-state index contributed by atoms with van der Waals surface area (Å²) >= 11 is 0. The number of Topliss-reactive ketones (excluding diaryl/α,β-unsaturated/α-hetero) is 1. The van der Waals surface area contributed by atoms with E-state index in [-0.39, 0.29) is 5.78 Å². The summed E-state index contributed by atoms with van der Waals surface area (Å²) in [6, 6.07) is 3.61. The van der Waals surface area contributed by atoms with Crippen LogP contribution in [0.4, 0.5) is 0 Å². The van der Waals surface area contributed by atoms with Gasteiger partial charge in [0.1, 0.15) is 0 Å². The highest BCUT2D eigenvalue weighted by atomic mass is 16.5. The summed E-state index contributed by atoms with van der Waals surface area (Å²) in [7, 11) is 4.67. The molecule has 0 aliphatic carbocycles. The van der Waals surface area contributed by atoms with Crippen LogP contribution >= 0.6 is 0 Å². The average molecular weight is 278 g/mol. The highest BCUT2D eigenvalue weighted by molar-refractivity contribution is 6.00. The quantitative estimate of drug-likeness (QED) is 0.789. The van der Waals surface area contributed by atoms with Crippen LogP contribution in [0.5, 0.6) is 17.2 Å². The van der Waals surface area contributed by atoms with Crippen molar-refractivity contribution in [3.05, 3.63) is 23.3 Å².